The Kier molecular flexibility index (Phi) is 6.26. The van der Waals surface area contributed by atoms with Gasteiger partial charge in [-0.3, -0.25) is 20.4 Å². The van der Waals surface area contributed by atoms with Crippen molar-refractivity contribution < 1.29 is 9.59 Å². The van der Waals surface area contributed by atoms with Gasteiger partial charge in [0, 0.05) is 28.3 Å². The molecule has 0 atom stereocenters. The van der Waals surface area contributed by atoms with Gasteiger partial charge in [-0.25, -0.2) is 4.98 Å². The molecule has 6 heteroatoms. The minimum Gasteiger partial charge on any atom is -0.353 e. The Morgan fingerprint density at radius 3 is 2.49 bits per heavy atom. The van der Waals surface area contributed by atoms with Crippen molar-refractivity contribution >= 4 is 33.6 Å². The van der Waals surface area contributed by atoms with Gasteiger partial charge in [-0.05, 0) is 55.7 Å². The van der Waals surface area contributed by atoms with Gasteiger partial charge in [-0.1, -0.05) is 60.2 Å². The van der Waals surface area contributed by atoms with E-state index in [1.165, 1.54) is 0 Å². The van der Waals surface area contributed by atoms with Crippen LogP contribution in [-0.4, -0.2) is 21.8 Å². The molecule has 0 aliphatic heterocycles. The van der Waals surface area contributed by atoms with E-state index in [2.05, 4.69) is 40.1 Å². The summed E-state index contributed by atoms with van der Waals surface area (Å²) < 4.78 is 0. The van der Waals surface area contributed by atoms with E-state index < -0.39 is 0 Å². The normalized spacial score (nSPS) is 11.0. The summed E-state index contributed by atoms with van der Waals surface area (Å²) >= 11 is 0. The number of rotatable bonds is 6. The number of hydrogen-bond acceptors (Lipinski definition) is 3. The van der Waals surface area contributed by atoms with Crippen LogP contribution < -0.4 is 10.9 Å². The molecule has 0 unspecified atom stereocenters. The first-order valence-electron chi connectivity index (χ1n) is 11.7. The summed E-state index contributed by atoms with van der Waals surface area (Å²) in [4.78, 5) is 33.0. The minimum atomic E-state index is -0.334. The van der Waals surface area contributed by atoms with E-state index in [1.54, 1.807) is 12.1 Å². The molecule has 2 heterocycles. The van der Waals surface area contributed by atoms with Crippen molar-refractivity contribution in [1.82, 2.24) is 20.8 Å². The average Bonchev–Trinajstić information content (AvgIpc) is 3.26. The van der Waals surface area contributed by atoms with Crippen LogP contribution in [0.1, 0.15) is 34.3 Å². The number of carbonyl (C=O) groups is 2. The van der Waals surface area contributed by atoms with Crippen molar-refractivity contribution in [3.05, 3.63) is 102 Å². The Bertz CT molecular complexity index is 1520. The molecule has 0 radical (unpaired) electrons. The molecule has 3 N–H and O–H groups in total. The Labute approximate surface area is 203 Å². The molecule has 5 aromatic rings. The van der Waals surface area contributed by atoms with Gasteiger partial charge < -0.3 is 4.98 Å². The second kappa shape index (κ2) is 9.81. The Hall–Kier alpha value is -4.45. The zero-order valence-corrected chi connectivity index (χ0v) is 19.5. The molecule has 5 rings (SSSR count). The van der Waals surface area contributed by atoms with E-state index in [1.807, 2.05) is 55.5 Å². The molecule has 0 spiro atoms. The molecule has 3 aromatic carbocycles. The summed E-state index contributed by atoms with van der Waals surface area (Å²) in [5.41, 5.74) is 11.6. The average molecular weight is 463 g/mol. The van der Waals surface area contributed by atoms with Gasteiger partial charge in [0.05, 0.1) is 16.9 Å². The fraction of sp³-hybridized carbons (Fsp3) is 0.138. The third-order valence-corrected chi connectivity index (χ3v) is 6.13. The summed E-state index contributed by atoms with van der Waals surface area (Å²) in [6.45, 7) is 1.96. The maximum Gasteiger partial charge on any atom is 0.269 e. The molecule has 0 aliphatic rings. The third-order valence-electron chi connectivity index (χ3n) is 6.13. The zero-order chi connectivity index (χ0) is 24.2. The van der Waals surface area contributed by atoms with Gasteiger partial charge >= 0.3 is 0 Å². The van der Waals surface area contributed by atoms with E-state index in [0.717, 1.165) is 44.3 Å². The van der Waals surface area contributed by atoms with Crippen molar-refractivity contribution in [1.29, 1.82) is 0 Å². The van der Waals surface area contributed by atoms with Crippen LogP contribution in [0, 0.1) is 6.92 Å². The highest BCUT2D eigenvalue weighted by molar-refractivity contribution is 5.95. The van der Waals surface area contributed by atoms with Gasteiger partial charge in [-0.15, -0.1) is 0 Å². The number of carbonyl (C=O) groups excluding carboxylic acids is 2. The zero-order valence-electron chi connectivity index (χ0n) is 19.5. The molecule has 2 aromatic heterocycles. The number of aryl methyl sites for hydroxylation is 2. The van der Waals surface area contributed by atoms with Crippen molar-refractivity contribution in [3.8, 4) is 11.4 Å². The molecule has 0 aliphatic carbocycles. The van der Waals surface area contributed by atoms with Gasteiger partial charge in [0.15, 0.2) is 0 Å². The van der Waals surface area contributed by atoms with Gasteiger partial charge in [0.1, 0.15) is 0 Å². The third kappa shape index (κ3) is 4.92. The van der Waals surface area contributed by atoms with E-state index >= 15 is 0 Å². The number of nitrogens with zero attached hydrogens (tertiary/aromatic N) is 1. The fourth-order valence-electron chi connectivity index (χ4n) is 4.28. The van der Waals surface area contributed by atoms with E-state index in [9.17, 15) is 9.59 Å². The molecular formula is C29H26N4O2. The molecule has 35 heavy (non-hydrogen) atoms. The summed E-state index contributed by atoms with van der Waals surface area (Å²) in [7, 11) is 0. The number of H-pyrrole nitrogens is 1. The second-order valence-corrected chi connectivity index (χ2v) is 8.64. The molecule has 0 bridgehead atoms. The summed E-state index contributed by atoms with van der Waals surface area (Å²) in [5, 5.41) is 2.23. The van der Waals surface area contributed by atoms with Gasteiger partial charge in [-0.2, -0.15) is 0 Å². The molecular weight excluding hydrogens is 436 g/mol. The molecule has 2 amide bonds. The topological polar surface area (TPSA) is 86.9 Å². The van der Waals surface area contributed by atoms with Crippen molar-refractivity contribution in [2.75, 3.05) is 0 Å². The number of benzene rings is 3. The molecule has 0 saturated carbocycles. The van der Waals surface area contributed by atoms with E-state index in [-0.39, 0.29) is 18.2 Å². The number of para-hydroxylation sites is 2. The lowest BCUT2D eigenvalue weighted by Gasteiger charge is -2.09. The van der Waals surface area contributed by atoms with E-state index in [0.29, 0.717) is 18.4 Å². The maximum absolute atomic E-state index is 12.4. The highest BCUT2D eigenvalue weighted by atomic mass is 16.2. The minimum absolute atomic E-state index is 0.226. The van der Waals surface area contributed by atoms with Crippen LogP contribution in [0.4, 0.5) is 0 Å². The highest BCUT2D eigenvalue weighted by Crippen LogP contribution is 2.31. The first-order valence-corrected chi connectivity index (χ1v) is 11.7. The van der Waals surface area contributed by atoms with Crippen molar-refractivity contribution in [2.45, 2.75) is 26.2 Å². The number of pyridine rings is 1. The smallest absolute Gasteiger partial charge is 0.269 e. The number of aromatic nitrogens is 2. The van der Waals surface area contributed by atoms with Crippen LogP contribution in [0.15, 0.2) is 84.9 Å². The Balaban J connectivity index is 1.28. The predicted molar refractivity (Wildman–Crippen MR) is 139 cm³/mol. The standard InChI is InChI=1S/C29H26N4O2/c1-19-13-15-21(16-14-19)29(35)33-32-27(34)12-6-9-23-22-8-3-5-11-25(22)31-28(23)26-18-17-20-7-2-4-10-24(20)30-26/h2-5,7-8,10-11,13-18,31H,6,9,12H2,1H3,(H,32,34)(H,33,35). The monoisotopic (exact) mass is 462 g/mol. The lowest BCUT2D eigenvalue weighted by molar-refractivity contribution is -0.121. The highest BCUT2D eigenvalue weighted by Gasteiger charge is 2.15. The quantitative estimate of drug-likeness (QED) is 0.292. The van der Waals surface area contributed by atoms with E-state index in [4.69, 9.17) is 4.98 Å². The first-order chi connectivity index (χ1) is 17.1. The predicted octanol–water partition coefficient (Wildman–Crippen LogP) is 5.48. The largest absolute Gasteiger partial charge is 0.353 e. The van der Waals surface area contributed by atoms with Crippen LogP contribution in [0.2, 0.25) is 0 Å². The Morgan fingerprint density at radius 2 is 1.63 bits per heavy atom. The van der Waals surface area contributed by atoms with Crippen LogP contribution in [0.3, 0.4) is 0 Å². The first kappa shape index (κ1) is 22.3. The van der Waals surface area contributed by atoms with Gasteiger partial charge in [0.2, 0.25) is 5.91 Å². The van der Waals surface area contributed by atoms with Crippen molar-refractivity contribution in [2.24, 2.45) is 0 Å². The maximum atomic E-state index is 12.4. The SMILES string of the molecule is Cc1ccc(C(=O)NNC(=O)CCCc2c(-c3ccc4ccccc4n3)[nH]c3ccccc23)cc1. The lowest BCUT2D eigenvalue weighted by Crippen LogP contribution is -2.41. The molecule has 6 nitrogen and oxygen atoms in total. The molecule has 174 valence electrons. The van der Waals surface area contributed by atoms with Gasteiger partial charge in [0.25, 0.3) is 5.91 Å². The Morgan fingerprint density at radius 1 is 0.857 bits per heavy atom. The second-order valence-electron chi connectivity index (χ2n) is 8.64. The van der Waals surface area contributed by atoms with Crippen LogP contribution in [0.25, 0.3) is 33.2 Å². The molecule has 0 saturated heterocycles. The van der Waals surface area contributed by atoms with Crippen LogP contribution >= 0.6 is 0 Å². The lowest BCUT2D eigenvalue weighted by atomic mass is 10.0. The number of fused-ring (bicyclic) bond motifs is 2. The fourth-order valence-corrected chi connectivity index (χ4v) is 4.28. The summed E-state index contributed by atoms with van der Waals surface area (Å²) in [6, 6.07) is 27.5. The number of amides is 2. The number of hydrazine groups is 1. The summed E-state index contributed by atoms with van der Waals surface area (Å²) in [5.74, 6) is -0.560. The number of hydrogen-bond donors (Lipinski definition) is 3. The van der Waals surface area contributed by atoms with Crippen LogP contribution in [0.5, 0.6) is 0 Å². The van der Waals surface area contributed by atoms with Crippen LogP contribution in [-0.2, 0) is 11.2 Å². The summed E-state index contributed by atoms with van der Waals surface area (Å²) in [6.07, 6.45) is 1.63. The van der Waals surface area contributed by atoms with Crippen molar-refractivity contribution in [3.63, 3.8) is 0 Å². The number of nitrogens with one attached hydrogen (secondary N) is 3. The number of aromatic amines is 1. The molecule has 0 fully saturated rings.